The van der Waals surface area contributed by atoms with Crippen LogP contribution in [0.25, 0.3) is 10.4 Å². The van der Waals surface area contributed by atoms with Crippen LogP contribution in [0.15, 0.2) is 33.9 Å². The summed E-state index contributed by atoms with van der Waals surface area (Å²) in [4.78, 5) is 27.6. The van der Waals surface area contributed by atoms with Crippen molar-refractivity contribution in [2.75, 3.05) is 13.1 Å². The number of halogens is 1. The van der Waals surface area contributed by atoms with Crippen molar-refractivity contribution in [3.63, 3.8) is 0 Å². The predicted molar refractivity (Wildman–Crippen MR) is 83.0 cm³/mol. The summed E-state index contributed by atoms with van der Waals surface area (Å²) in [5.41, 5.74) is 9.15. The monoisotopic (exact) mass is 366 g/mol. The molecule has 1 aromatic carbocycles. The molecular weight excluding hydrogens is 352 g/mol. The molecule has 1 saturated heterocycles. The van der Waals surface area contributed by atoms with E-state index in [1.165, 1.54) is 0 Å². The SMILES string of the molecule is [N-]=[N+]=NCC1CC(=O)N(C(CC(=O)O)c2ccc(Br)cc2)C1. The molecule has 1 aromatic rings. The first kappa shape index (κ1) is 16.3. The zero-order valence-corrected chi connectivity index (χ0v) is 13.3. The first-order valence-electron chi connectivity index (χ1n) is 6.79. The third-order valence-electron chi connectivity index (χ3n) is 3.64. The van der Waals surface area contributed by atoms with E-state index >= 15 is 0 Å². The average Bonchev–Trinajstić information content (AvgIpc) is 2.84. The fraction of sp³-hybridized carbons (Fsp3) is 0.429. The minimum absolute atomic E-state index is 0.0601. The molecule has 2 unspecified atom stereocenters. The molecule has 1 aliphatic heterocycles. The second-order valence-electron chi connectivity index (χ2n) is 5.19. The molecule has 2 rings (SSSR count). The summed E-state index contributed by atoms with van der Waals surface area (Å²) in [5.74, 6) is -1.12. The van der Waals surface area contributed by atoms with Crippen LogP contribution in [-0.2, 0) is 9.59 Å². The lowest BCUT2D eigenvalue weighted by atomic mass is 10.0. The fourth-order valence-corrected chi connectivity index (χ4v) is 2.91. The van der Waals surface area contributed by atoms with Crippen molar-refractivity contribution in [2.24, 2.45) is 11.0 Å². The number of carbonyl (C=O) groups excluding carboxylic acids is 1. The maximum atomic E-state index is 12.2. The average molecular weight is 367 g/mol. The van der Waals surface area contributed by atoms with Gasteiger partial charge in [0.2, 0.25) is 5.91 Å². The molecule has 1 fully saturated rings. The molecular formula is C14H15BrN4O3. The molecule has 0 spiro atoms. The summed E-state index contributed by atoms with van der Waals surface area (Å²) in [6.45, 7) is 0.657. The number of rotatable bonds is 6. The highest BCUT2D eigenvalue weighted by Gasteiger charge is 2.35. The van der Waals surface area contributed by atoms with Gasteiger partial charge >= 0.3 is 5.97 Å². The second-order valence-corrected chi connectivity index (χ2v) is 6.11. The molecule has 0 saturated carbocycles. The number of nitrogens with zero attached hydrogens (tertiary/aromatic N) is 4. The van der Waals surface area contributed by atoms with E-state index in [4.69, 9.17) is 10.6 Å². The van der Waals surface area contributed by atoms with Crippen molar-refractivity contribution in [1.29, 1.82) is 0 Å². The smallest absolute Gasteiger partial charge is 0.305 e. The van der Waals surface area contributed by atoms with Gasteiger partial charge in [-0.2, -0.15) is 0 Å². The van der Waals surface area contributed by atoms with Crippen LogP contribution in [0.3, 0.4) is 0 Å². The number of likely N-dealkylation sites (tertiary alicyclic amines) is 1. The second kappa shape index (κ2) is 7.29. The highest BCUT2D eigenvalue weighted by Crippen LogP contribution is 2.32. The third-order valence-corrected chi connectivity index (χ3v) is 4.17. The van der Waals surface area contributed by atoms with Gasteiger partial charge in [0.25, 0.3) is 0 Å². The minimum atomic E-state index is -0.959. The highest BCUT2D eigenvalue weighted by atomic mass is 79.9. The first-order chi connectivity index (χ1) is 10.5. The third kappa shape index (κ3) is 3.99. The van der Waals surface area contributed by atoms with E-state index in [2.05, 4.69) is 26.0 Å². The molecule has 116 valence electrons. The minimum Gasteiger partial charge on any atom is -0.481 e. The van der Waals surface area contributed by atoms with Gasteiger partial charge in [0.1, 0.15) is 0 Å². The molecule has 1 amide bonds. The molecule has 0 bridgehead atoms. The van der Waals surface area contributed by atoms with Crippen LogP contribution in [0, 0.1) is 5.92 Å². The Hall–Kier alpha value is -2.05. The lowest BCUT2D eigenvalue weighted by molar-refractivity contribution is -0.139. The summed E-state index contributed by atoms with van der Waals surface area (Å²) >= 11 is 3.34. The van der Waals surface area contributed by atoms with Gasteiger partial charge in [-0.3, -0.25) is 9.59 Å². The molecule has 2 atom stereocenters. The summed E-state index contributed by atoms with van der Waals surface area (Å²) in [5, 5.41) is 12.6. The topological polar surface area (TPSA) is 106 Å². The Morgan fingerprint density at radius 2 is 2.18 bits per heavy atom. The summed E-state index contributed by atoms with van der Waals surface area (Å²) in [6.07, 6.45) is 0.132. The van der Waals surface area contributed by atoms with Crippen LogP contribution < -0.4 is 0 Å². The van der Waals surface area contributed by atoms with E-state index in [0.717, 1.165) is 10.0 Å². The number of azide groups is 1. The number of carbonyl (C=O) groups is 2. The number of hydrogen-bond donors (Lipinski definition) is 1. The zero-order chi connectivity index (χ0) is 16.1. The van der Waals surface area contributed by atoms with E-state index in [0.29, 0.717) is 6.54 Å². The van der Waals surface area contributed by atoms with E-state index in [9.17, 15) is 9.59 Å². The maximum Gasteiger partial charge on any atom is 0.305 e. The molecule has 0 radical (unpaired) electrons. The van der Waals surface area contributed by atoms with Crippen LogP contribution in [0.4, 0.5) is 0 Å². The van der Waals surface area contributed by atoms with Gasteiger partial charge in [-0.1, -0.05) is 33.2 Å². The van der Waals surface area contributed by atoms with E-state index < -0.39 is 12.0 Å². The van der Waals surface area contributed by atoms with Gasteiger partial charge in [0.15, 0.2) is 0 Å². The van der Waals surface area contributed by atoms with Gasteiger partial charge in [-0.25, -0.2) is 0 Å². The van der Waals surface area contributed by atoms with Gasteiger partial charge in [0, 0.05) is 28.9 Å². The van der Waals surface area contributed by atoms with Crippen molar-refractivity contribution >= 4 is 27.8 Å². The Morgan fingerprint density at radius 1 is 1.50 bits per heavy atom. The highest BCUT2D eigenvalue weighted by molar-refractivity contribution is 9.10. The lowest BCUT2D eigenvalue weighted by Gasteiger charge is -2.27. The van der Waals surface area contributed by atoms with Crippen molar-refractivity contribution in [2.45, 2.75) is 18.9 Å². The number of benzene rings is 1. The summed E-state index contributed by atoms with van der Waals surface area (Å²) in [7, 11) is 0. The Bertz CT molecular complexity index is 613. The van der Waals surface area contributed by atoms with Crippen LogP contribution in [-0.4, -0.2) is 35.0 Å². The van der Waals surface area contributed by atoms with Gasteiger partial charge in [0.05, 0.1) is 12.5 Å². The number of carboxylic acid groups (broad SMARTS) is 1. The number of hydrogen-bond acceptors (Lipinski definition) is 3. The van der Waals surface area contributed by atoms with E-state index in [1.54, 1.807) is 4.90 Å². The van der Waals surface area contributed by atoms with Crippen molar-refractivity contribution in [3.05, 3.63) is 44.7 Å². The van der Waals surface area contributed by atoms with Gasteiger partial charge in [-0.05, 0) is 29.1 Å². The normalized spacial score (nSPS) is 18.9. The Labute approximate surface area is 135 Å². The van der Waals surface area contributed by atoms with E-state index in [-0.39, 0.29) is 31.2 Å². The fourth-order valence-electron chi connectivity index (χ4n) is 2.64. The first-order valence-corrected chi connectivity index (χ1v) is 7.58. The summed E-state index contributed by atoms with van der Waals surface area (Å²) < 4.78 is 0.888. The van der Waals surface area contributed by atoms with Gasteiger partial charge < -0.3 is 10.0 Å². The quantitative estimate of drug-likeness (QED) is 0.474. The molecule has 22 heavy (non-hydrogen) atoms. The Morgan fingerprint density at radius 3 is 2.77 bits per heavy atom. The Kier molecular flexibility index (Phi) is 5.41. The number of aliphatic carboxylic acids is 1. The molecule has 7 nitrogen and oxygen atoms in total. The van der Waals surface area contributed by atoms with Crippen molar-refractivity contribution < 1.29 is 14.7 Å². The van der Waals surface area contributed by atoms with Crippen LogP contribution >= 0.6 is 15.9 Å². The molecule has 1 heterocycles. The molecule has 1 aliphatic rings. The van der Waals surface area contributed by atoms with Crippen LogP contribution in [0.5, 0.6) is 0 Å². The largest absolute Gasteiger partial charge is 0.481 e. The molecule has 0 aliphatic carbocycles. The number of amides is 1. The maximum absolute atomic E-state index is 12.2. The lowest BCUT2D eigenvalue weighted by Crippen LogP contribution is -2.32. The predicted octanol–water partition coefficient (Wildman–Crippen LogP) is 3.12. The Balaban J connectivity index is 2.21. The van der Waals surface area contributed by atoms with Gasteiger partial charge in [-0.15, -0.1) is 0 Å². The van der Waals surface area contributed by atoms with Crippen molar-refractivity contribution in [3.8, 4) is 0 Å². The zero-order valence-electron chi connectivity index (χ0n) is 11.7. The number of carboxylic acids is 1. The van der Waals surface area contributed by atoms with Crippen molar-refractivity contribution in [1.82, 2.24) is 4.90 Å². The standard InChI is InChI=1S/C14H15BrN4O3/c15-11-3-1-10(2-4-11)12(6-14(21)22)19-8-9(5-13(19)20)7-17-18-16/h1-4,9,12H,5-8H2,(H,21,22). The molecule has 0 aromatic heterocycles. The van der Waals surface area contributed by atoms with E-state index in [1.807, 2.05) is 24.3 Å². The molecule has 8 heteroatoms. The van der Waals surface area contributed by atoms with Crippen LogP contribution in [0.2, 0.25) is 0 Å². The summed E-state index contributed by atoms with van der Waals surface area (Å²) in [6, 6.07) is 6.76. The molecule has 1 N–H and O–H groups in total. The van der Waals surface area contributed by atoms with Crippen LogP contribution in [0.1, 0.15) is 24.4 Å².